The number of urea groups is 1. The van der Waals surface area contributed by atoms with Crippen LogP contribution in [0.3, 0.4) is 0 Å². The number of benzene rings is 1. The third kappa shape index (κ3) is 7.32. The third-order valence-corrected chi connectivity index (χ3v) is 3.59. The third-order valence-electron chi connectivity index (χ3n) is 2.85. The summed E-state index contributed by atoms with van der Waals surface area (Å²) in [6.45, 7) is 4.94. The highest BCUT2D eigenvalue weighted by molar-refractivity contribution is 7.98. The van der Waals surface area contributed by atoms with Gasteiger partial charge in [0.1, 0.15) is 0 Å². The quantitative estimate of drug-likeness (QED) is 0.468. The Hall–Kier alpha value is -2.28. The van der Waals surface area contributed by atoms with Crippen LogP contribution in [0.4, 0.5) is 4.79 Å². The van der Waals surface area contributed by atoms with E-state index in [1.54, 1.807) is 31.7 Å². The first-order valence-corrected chi connectivity index (χ1v) is 8.68. The molecule has 24 heavy (non-hydrogen) atoms. The molecule has 0 heterocycles. The largest absolute Gasteiger partial charge is 0.449 e. The number of esters is 1. The normalized spacial score (nSPS) is 12.0. The van der Waals surface area contributed by atoms with Gasteiger partial charge in [-0.3, -0.25) is 10.1 Å². The second kappa shape index (κ2) is 9.77. The first kappa shape index (κ1) is 19.8. The van der Waals surface area contributed by atoms with E-state index in [0.29, 0.717) is 0 Å². The van der Waals surface area contributed by atoms with Crippen LogP contribution in [0, 0.1) is 0 Å². The minimum atomic E-state index is -1.07. The molecule has 0 aromatic heterocycles. The van der Waals surface area contributed by atoms with Crippen molar-refractivity contribution in [2.75, 3.05) is 6.26 Å². The lowest BCUT2D eigenvalue weighted by Gasteiger charge is -2.13. The van der Waals surface area contributed by atoms with Crippen molar-refractivity contribution in [2.45, 2.75) is 37.8 Å². The Labute approximate surface area is 146 Å². The topological polar surface area (TPSA) is 84.5 Å². The molecule has 0 fully saturated rings. The number of carbonyl (C=O) groups is 3. The molecule has 1 atom stereocenters. The molecule has 0 unspecified atom stereocenters. The van der Waals surface area contributed by atoms with Crippen molar-refractivity contribution in [1.82, 2.24) is 10.6 Å². The van der Waals surface area contributed by atoms with Crippen molar-refractivity contribution < 1.29 is 19.1 Å². The number of hydrogen-bond donors (Lipinski definition) is 2. The molecule has 3 amide bonds. The van der Waals surface area contributed by atoms with Crippen molar-refractivity contribution in [2.24, 2.45) is 0 Å². The molecule has 6 nitrogen and oxygen atoms in total. The minimum Gasteiger partial charge on any atom is -0.449 e. The summed E-state index contributed by atoms with van der Waals surface area (Å²) in [7, 11) is 0. The van der Waals surface area contributed by atoms with Gasteiger partial charge in [-0.25, -0.2) is 9.59 Å². The second-order valence-electron chi connectivity index (χ2n) is 5.30. The molecule has 0 aliphatic rings. The Morgan fingerprint density at radius 3 is 2.29 bits per heavy atom. The Morgan fingerprint density at radius 1 is 1.12 bits per heavy atom. The van der Waals surface area contributed by atoms with E-state index >= 15 is 0 Å². The molecule has 1 aromatic rings. The molecule has 0 radical (unpaired) electrons. The second-order valence-corrected chi connectivity index (χ2v) is 6.18. The SMILES string of the molecule is CSc1ccc(/C=C/C(=O)O[C@@H](C)C(=O)NC(=O)NC(C)C)cc1. The van der Waals surface area contributed by atoms with Gasteiger partial charge in [0.15, 0.2) is 6.10 Å². The van der Waals surface area contributed by atoms with E-state index < -0.39 is 24.0 Å². The van der Waals surface area contributed by atoms with Gasteiger partial charge in [0.25, 0.3) is 5.91 Å². The summed E-state index contributed by atoms with van der Waals surface area (Å²) in [5.41, 5.74) is 0.846. The lowest BCUT2D eigenvalue weighted by atomic mass is 10.2. The van der Waals surface area contributed by atoms with Crippen LogP contribution in [-0.4, -0.2) is 36.3 Å². The molecule has 0 saturated heterocycles. The van der Waals surface area contributed by atoms with E-state index in [0.717, 1.165) is 10.5 Å². The molecular weight excluding hydrogens is 328 g/mol. The van der Waals surface area contributed by atoms with E-state index in [1.807, 2.05) is 30.5 Å². The summed E-state index contributed by atoms with van der Waals surface area (Å²) in [4.78, 5) is 36.0. The Bertz CT molecular complexity index is 612. The van der Waals surface area contributed by atoms with Crippen molar-refractivity contribution in [3.05, 3.63) is 35.9 Å². The van der Waals surface area contributed by atoms with Gasteiger partial charge in [0.05, 0.1) is 0 Å². The molecule has 7 heteroatoms. The monoisotopic (exact) mass is 350 g/mol. The molecule has 1 aromatic carbocycles. The predicted octanol–water partition coefficient (Wildman–Crippen LogP) is 2.59. The Kier molecular flexibility index (Phi) is 8.05. The molecule has 0 aliphatic carbocycles. The number of ether oxygens (including phenoxy) is 1. The van der Waals surface area contributed by atoms with E-state index in [1.165, 1.54) is 13.0 Å². The zero-order valence-corrected chi connectivity index (χ0v) is 15.0. The summed E-state index contributed by atoms with van der Waals surface area (Å²) in [6.07, 6.45) is 3.75. The van der Waals surface area contributed by atoms with Gasteiger partial charge in [0.2, 0.25) is 0 Å². The minimum absolute atomic E-state index is 0.101. The van der Waals surface area contributed by atoms with Gasteiger partial charge < -0.3 is 10.1 Å². The van der Waals surface area contributed by atoms with Crippen LogP contribution in [-0.2, 0) is 14.3 Å². The number of nitrogens with one attached hydrogen (secondary N) is 2. The standard InChI is InChI=1S/C17H22N2O4S/c1-11(2)18-17(22)19-16(21)12(3)23-15(20)10-7-13-5-8-14(24-4)9-6-13/h5-12H,1-4H3,(H2,18,19,21,22)/b10-7+/t12-/m0/s1. The fraction of sp³-hybridized carbons (Fsp3) is 0.353. The molecule has 130 valence electrons. The fourth-order valence-corrected chi connectivity index (χ4v) is 2.07. The number of rotatable bonds is 6. The zero-order chi connectivity index (χ0) is 18.1. The van der Waals surface area contributed by atoms with E-state index in [-0.39, 0.29) is 6.04 Å². The summed E-state index contributed by atoms with van der Waals surface area (Å²) in [6, 6.07) is 6.92. The molecule has 0 saturated carbocycles. The van der Waals surface area contributed by atoms with Crippen molar-refractivity contribution in [3.8, 4) is 0 Å². The maximum Gasteiger partial charge on any atom is 0.331 e. The van der Waals surface area contributed by atoms with Gasteiger partial charge in [-0.15, -0.1) is 11.8 Å². The summed E-state index contributed by atoms with van der Waals surface area (Å²) in [5, 5.41) is 4.62. The average Bonchev–Trinajstić information content (AvgIpc) is 2.52. The number of thioether (sulfide) groups is 1. The van der Waals surface area contributed by atoms with Crippen molar-refractivity contribution >= 4 is 35.7 Å². The van der Waals surface area contributed by atoms with Crippen LogP contribution in [0.1, 0.15) is 26.3 Å². The van der Waals surface area contributed by atoms with E-state index in [9.17, 15) is 14.4 Å². The number of carbonyl (C=O) groups excluding carboxylic acids is 3. The van der Waals surface area contributed by atoms with Crippen LogP contribution >= 0.6 is 11.8 Å². The van der Waals surface area contributed by atoms with E-state index in [4.69, 9.17) is 4.74 Å². The van der Waals surface area contributed by atoms with Gasteiger partial charge in [-0.2, -0.15) is 0 Å². The highest BCUT2D eigenvalue weighted by Gasteiger charge is 2.19. The first-order valence-electron chi connectivity index (χ1n) is 7.46. The molecule has 0 aliphatic heterocycles. The van der Waals surface area contributed by atoms with Crippen molar-refractivity contribution in [1.29, 1.82) is 0 Å². The zero-order valence-electron chi connectivity index (χ0n) is 14.2. The lowest BCUT2D eigenvalue weighted by Crippen LogP contribution is -2.46. The smallest absolute Gasteiger partial charge is 0.331 e. The van der Waals surface area contributed by atoms with Crippen LogP contribution in [0.5, 0.6) is 0 Å². The molecule has 2 N–H and O–H groups in total. The molecule has 1 rings (SSSR count). The molecule has 0 bridgehead atoms. The Morgan fingerprint density at radius 2 is 1.75 bits per heavy atom. The van der Waals surface area contributed by atoms with E-state index in [2.05, 4.69) is 10.6 Å². The van der Waals surface area contributed by atoms with Gasteiger partial charge in [0, 0.05) is 17.0 Å². The van der Waals surface area contributed by atoms with Crippen LogP contribution in [0.2, 0.25) is 0 Å². The van der Waals surface area contributed by atoms with Crippen LogP contribution < -0.4 is 10.6 Å². The van der Waals surface area contributed by atoms with Gasteiger partial charge in [-0.1, -0.05) is 12.1 Å². The van der Waals surface area contributed by atoms with Gasteiger partial charge in [-0.05, 0) is 50.8 Å². The maximum absolute atomic E-state index is 11.7. The average molecular weight is 350 g/mol. The number of imide groups is 1. The van der Waals surface area contributed by atoms with Crippen LogP contribution in [0.25, 0.3) is 6.08 Å². The highest BCUT2D eigenvalue weighted by Crippen LogP contribution is 2.15. The molecule has 0 spiro atoms. The summed E-state index contributed by atoms with van der Waals surface area (Å²) in [5.74, 6) is -1.34. The van der Waals surface area contributed by atoms with Crippen molar-refractivity contribution in [3.63, 3.8) is 0 Å². The van der Waals surface area contributed by atoms with Gasteiger partial charge >= 0.3 is 12.0 Å². The lowest BCUT2D eigenvalue weighted by molar-refractivity contribution is -0.149. The highest BCUT2D eigenvalue weighted by atomic mass is 32.2. The number of amides is 3. The summed E-state index contributed by atoms with van der Waals surface area (Å²) < 4.78 is 4.96. The molecular formula is C17H22N2O4S. The maximum atomic E-state index is 11.7. The fourth-order valence-electron chi connectivity index (χ4n) is 1.66. The van der Waals surface area contributed by atoms with Crippen LogP contribution in [0.15, 0.2) is 35.2 Å². The first-order chi connectivity index (χ1) is 11.3. The predicted molar refractivity (Wildman–Crippen MR) is 94.6 cm³/mol. The Balaban J connectivity index is 2.49. The number of hydrogen-bond acceptors (Lipinski definition) is 5. The summed E-state index contributed by atoms with van der Waals surface area (Å²) >= 11 is 1.63.